The van der Waals surface area contributed by atoms with Crippen LogP contribution in [0.5, 0.6) is 0 Å². The zero-order valence-electron chi connectivity index (χ0n) is 14.7. The second-order valence-corrected chi connectivity index (χ2v) is 6.23. The van der Waals surface area contributed by atoms with Crippen molar-refractivity contribution in [1.82, 2.24) is 10.6 Å². The van der Waals surface area contributed by atoms with Gasteiger partial charge in [0.1, 0.15) is 11.8 Å². The maximum atomic E-state index is 12.3. The van der Waals surface area contributed by atoms with Crippen LogP contribution >= 0.6 is 0 Å². The quantitative estimate of drug-likeness (QED) is 0.828. The van der Waals surface area contributed by atoms with Crippen LogP contribution in [0.4, 0.5) is 0 Å². The van der Waals surface area contributed by atoms with Crippen LogP contribution in [0.25, 0.3) is 0 Å². The first-order valence-electron chi connectivity index (χ1n) is 8.43. The normalized spacial score (nSPS) is 17.2. The Labute approximate surface area is 151 Å². The molecule has 0 fully saturated rings. The highest BCUT2D eigenvalue weighted by atomic mass is 16.6. The Morgan fingerprint density at radius 1 is 1.27 bits per heavy atom. The third-order valence-electron chi connectivity index (χ3n) is 4.12. The van der Waals surface area contributed by atoms with Gasteiger partial charge in [0.05, 0.1) is 18.5 Å². The number of benzene rings is 1. The van der Waals surface area contributed by atoms with Crippen LogP contribution in [-0.2, 0) is 21.0 Å². The van der Waals surface area contributed by atoms with Crippen molar-refractivity contribution in [2.24, 2.45) is 5.16 Å². The lowest BCUT2D eigenvalue weighted by molar-refractivity contribution is -0.135. The molecule has 1 aliphatic rings. The smallest absolute Gasteiger partial charge is 0.264 e. The molecule has 0 saturated carbocycles. The molecule has 7 nitrogen and oxygen atoms in total. The Bertz CT molecular complexity index is 797. The number of carbonyl (C=O) groups excluding carboxylic acids is 2. The van der Waals surface area contributed by atoms with Crippen LogP contribution in [0.2, 0.25) is 0 Å². The van der Waals surface area contributed by atoms with Gasteiger partial charge in [-0.25, -0.2) is 0 Å². The van der Waals surface area contributed by atoms with E-state index in [4.69, 9.17) is 9.25 Å². The predicted molar refractivity (Wildman–Crippen MR) is 95.4 cm³/mol. The Hall–Kier alpha value is -3.09. The van der Waals surface area contributed by atoms with Gasteiger partial charge in [0.15, 0.2) is 0 Å². The number of oxime groups is 1. The third-order valence-corrected chi connectivity index (χ3v) is 4.12. The van der Waals surface area contributed by atoms with E-state index in [2.05, 4.69) is 15.8 Å². The number of nitrogens with zero attached hydrogens (tertiary/aromatic N) is 1. The first-order valence-corrected chi connectivity index (χ1v) is 8.43. The number of hydrogen-bond acceptors (Lipinski definition) is 5. The molecule has 0 aliphatic carbocycles. The van der Waals surface area contributed by atoms with E-state index < -0.39 is 12.1 Å². The fraction of sp³-hybridized carbons (Fsp3) is 0.316. The van der Waals surface area contributed by atoms with E-state index in [1.807, 2.05) is 31.2 Å². The van der Waals surface area contributed by atoms with Crippen LogP contribution in [0.15, 0.2) is 52.2 Å². The molecule has 2 aromatic rings. The van der Waals surface area contributed by atoms with E-state index in [1.165, 1.54) is 6.26 Å². The van der Waals surface area contributed by atoms with Crippen molar-refractivity contribution >= 4 is 17.5 Å². The molecule has 2 amide bonds. The summed E-state index contributed by atoms with van der Waals surface area (Å²) in [6.45, 7) is 3.89. The molecule has 0 saturated heterocycles. The SMILES string of the molecule is Cc1ccc(C2=NOC(C(=O)NC(C)C(=O)NCc3ccco3)C2)cc1. The summed E-state index contributed by atoms with van der Waals surface area (Å²) in [6, 6.07) is 10.7. The monoisotopic (exact) mass is 355 g/mol. The number of amides is 2. The molecule has 7 heteroatoms. The van der Waals surface area contributed by atoms with Crippen LogP contribution in [0.1, 0.15) is 30.2 Å². The molecular formula is C19H21N3O4. The summed E-state index contributed by atoms with van der Waals surface area (Å²) >= 11 is 0. The van der Waals surface area contributed by atoms with Crippen LogP contribution < -0.4 is 10.6 Å². The molecule has 0 radical (unpaired) electrons. The Balaban J connectivity index is 1.47. The number of rotatable bonds is 6. The second kappa shape index (κ2) is 7.86. The van der Waals surface area contributed by atoms with Gasteiger partial charge in [-0.2, -0.15) is 0 Å². The molecule has 136 valence electrons. The summed E-state index contributed by atoms with van der Waals surface area (Å²) in [4.78, 5) is 29.6. The number of aryl methyl sites for hydroxylation is 1. The molecule has 0 spiro atoms. The summed E-state index contributed by atoms with van der Waals surface area (Å²) in [5.74, 6) is -0.0175. The molecule has 1 aliphatic heterocycles. The first kappa shape index (κ1) is 17.7. The van der Waals surface area contributed by atoms with Gasteiger partial charge in [0.2, 0.25) is 12.0 Å². The molecule has 3 rings (SSSR count). The molecule has 0 bridgehead atoms. The fourth-order valence-corrected chi connectivity index (χ4v) is 2.55. The molecule has 2 unspecified atom stereocenters. The highest BCUT2D eigenvalue weighted by molar-refractivity contribution is 6.04. The standard InChI is InChI=1S/C19H21N3O4/c1-12-5-7-14(8-6-12)16-10-17(26-22-16)19(24)21-13(2)18(23)20-11-15-4-3-9-25-15/h3-9,13,17H,10-11H2,1-2H3,(H,20,23)(H,21,24). The van der Waals surface area contributed by atoms with Crippen LogP contribution in [0.3, 0.4) is 0 Å². The Morgan fingerprint density at radius 2 is 2.04 bits per heavy atom. The van der Waals surface area contributed by atoms with Crippen molar-refractivity contribution in [3.05, 3.63) is 59.5 Å². The van der Waals surface area contributed by atoms with Crippen LogP contribution in [-0.4, -0.2) is 29.7 Å². The minimum atomic E-state index is -0.730. The minimum Gasteiger partial charge on any atom is -0.467 e. The fourth-order valence-electron chi connectivity index (χ4n) is 2.55. The summed E-state index contributed by atoms with van der Waals surface area (Å²) in [5, 5.41) is 9.36. The third kappa shape index (κ3) is 4.30. The van der Waals surface area contributed by atoms with Crippen molar-refractivity contribution in [2.75, 3.05) is 0 Å². The lowest BCUT2D eigenvalue weighted by Crippen LogP contribution is -2.47. The molecule has 2 heterocycles. The van der Waals surface area contributed by atoms with Crippen molar-refractivity contribution in [3.63, 3.8) is 0 Å². The van der Waals surface area contributed by atoms with E-state index in [-0.39, 0.29) is 18.4 Å². The van der Waals surface area contributed by atoms with Gasteiger partial charge < -0.3 is 19.9 Å². The van der Waals surface area contributed by atoms with E-state index >= 15 is 0 Å². The lowest BCUT2D eigenvalue weighted by atomic mass is 10.0. The van der Waals surface area contributed by atoms with Gasteiger partial charge in [-0.05, 0) is 31.5 Å². The summed E-state index contributed by atoms with van der Waals surface area (Å²) in [6.07, 6.45) is 1.18. The first-order chi connectivity index (χ1) is 12.5. The number of furan rings is 1. The lowest BCUT2D eigenvalue weighted by Gasteiger charge is -2.15. The molecule has 2 atom stereocenters. The van der Waals surface area contributed by atoms with Gasteiger partial charge in [0.25, 0.3) is 5.91 Å². The van der Waals surface area contributed by atoms with Gasteiger partial charge in [0, 0.05) is 6.42 Å². The number of carbonyl (C=O) groups is 2. The molecule has 1 aromatic carbocycles. The Morgan fingerprint density at radius 3 is 2.73 bits per heavy atom. The van der Waals surface area contributed by atoms with Crippen molar-refractivity contribution in [3.8, 4) is 0 Å². The van der Waals surface area contributed by atoms with E-state index in [9.17, 15) is 9.59 Å². The summed E-state index contributed by atoms with van der Waals surface area (Å²) in [7, 11) is 0. The summed E-state index contributed by atoms with van der Waals surface area (Å²) < 4.78 is 5.15. The van der Waals surface area contributed by atoms with Gasteiger partial charge in [-0.1, -0.05) is 35.0 Å². The average Bonchev–Trinajstić information content (AvgIpc) is 3.32. The van der Waals surface area contributed by atoms with Crippen molar-refractivity contribution in [1.29, 1.82) is 0 Å². The number of hydrogen-bond donors (Lipinski definition) is 2. The number of nitrogens with one attached hydrogen (secondary N) is 2. The molecule has 1 aromatic heterocycles. The topological polar surface area (TPSA) is 92.9 Å². The Kier molecular flexibility index (Phi) is 5.36. The maximum absolute atomic E-state index is 12.3. The predicted octanol–water partition coefficient (Wildman–Crippen LogP) is 1.90. The zero-order valence-corrected chi connectivity index (χ0v) is 14.7. The zero-order chi connectivity index (χ0) is 18.5. The minimum absolute atomic E-state index is 0.270. The molecule has 2 N–H and O–H groups in total. The van der Waals surface area contributed by atoms with Gasteiger partial charge >= 0.3 is 0 Å². The van der Waals surface area contributed by atoms with Crippen LogP contribution in [0, 0.1) is 6.92 Å². The van der Waals surface area contributed by atoms with Gasteiger partial charge in [-0.15, -0.1) is 0 Å². The van der Waals surface area contributed by atoms with Crippen molar-refractivity contribution in [2.45, 2.75) is 39.0 Å². The van der Waals surface area contributed by atoms with E-state index in [0.29, 0.717) is 12.2 Å². The summed E-state index contributed by atoms with van der Waals surface area (Å²) in [5.41, 5.74) is 2.80. The van der Waals surface area contributed by atoms with Crippen molar-refractivity contribution < 1.29 is 18.8 Å². The average molecular weight is 355 g/mol. The highest BCUT2D eigenvalue weighted by Crippen LogP contribution is 2.17. The molecule has 26 heavy (non-hydrogen) atoms. The van der Waals surface area contributed by atoms with E-state index in [1.54, 1.807) is 19.1 Å². The van der Waals surface area contributed by atoms with Gasteiger partial charge in [-0.3, -0.25) is 9.59 Å². The maximum Gasteiger partial charge on any atom is 0.264 e. The van der Waals surface area contributed by atoms with E-state index in [0.717, 1.165) is 16.8 Å². The second-order valence-electron chi connectivity index (χ2n) is 6.23. The molecular weight excluding hydrogens is 334 g/mol. The highest BCUT2D eigenvalue weighted by Gasteiger charge is 2.30. The largest absolute Gasteiger partial charge is 0.467 e.